The first-order valence-corrected chi connectivity index (χ1v) is 4.64. The van der Waals surface area contributed by atoms with Crippen LogP contribution in [0.25, 0.3) is 21.8 Å². The molecule has 78 valence electrons. The van der Waals surface area contributed by atoms with Crippen molar-refractivity contribution in [2.45, 2.75) is 0 Å². The Morgan fingerprint density at radius 1 is 1.31 bits per heavy atom. The van der Waals surface area contributed by atoms with E-state index in [0.717, 1.165) is 10.8 Å². The van der Waals surface area contributed by atoms with E-state index >= 15 is 0 Å². The van der Waals surface area contributed by atoms with E-state index in [1.54, 1.807) is 0 Å². The first-order valence-electron chi connectivity index (χ1n) is 4.64. The van der Waals surface area contributed by atoms with Crippen molar-refractivity contribution in [3.05, 3.63) is 40.4 Å². The smallest absolute Gasteiger partial charge is 0.258 e. The maximum atomic E-state index is 10.9. The minimum Gasteiger partial charge on any atom is -0.258 e. The minimum absolute atomic E-state index is 0.0255. The maximum Gasteiger partial charge on any atom is 0.299 e. The van der Waals surface area contributed by atoms with E-state index < -0.39 is 4.92 Å². The van der Waals surface area contributed by atoms with E-state index in [2.05, 4.69) is 15.4 Å². The molecule has 1 heterocycles. The van der Waals surface area contributed by atoms with Gasteiger partial charge in [0.2, 0.25) is 0 Å². The number of fused-ring (bicyclic) bond motifs is 3. The number of nitro benzene ring substituents is 1. The van der Waals surface area contributed by atoms with Crippen molar-refractivity contribution >= 4 is 27.5 Å². The molecule has 1 aromatic heterocycles. The molecule has 0 spiro atoms. The second-order valence-electron chi connectivity index (χ2n) is 3.41. The van der Waals surface area contributed by atoms with Crippen LogP contribution in [-0.4, -0.2) is 20.3 Å². The van der Waals surface area contributed by atoms with E-state index in [1.807, 2.05) is 24.3 Å². The average Bonchev–Trinajstić information content (AvgIpc) is 2.76. The Kier molecular flexibility index (Phi) is 1.64. The summed E-state index contributed by atoms with van der Waals surface area (Å²) < 4.78 is 0. The SMILES string of the molecule is O=[N+]([O-])c1cc2ccccc2c2[nH]nnc12. The summed E-state index contributed by atoms with van der Waals surface area (Å²) in [6.45, 7) is 0. The Bertz CT molecular complexity index is 704. The fraction of sp³-hybridized carbons (Fsp3) is 0. The fourth-order valence-electron chi connectivity index (χ4n) is 1.80. The number of rotatable bonds is 1. The fourth-order valence-corrected chi connectivity index (χ4v) is 1.80. The van der Waals surface area contributed by atoms with Gasteiger partial charge in [-0.1, -0.05) is 29.5 Å². The Morgan fingerprint density at radius 3 is 2.94 bits per heavy atom. The minimum atomic E-state index is -0.447. The number of nitrogens with one attached hydrogen (secondary N) is 1. The number of hydrogen-bond donors (Lipinski definition) is 1. The van der Waals surface area contributed by atoms with Crippen LogP contribution in [0.2, 0.25) is 0 Å². The molecule has 3 aromatic rings. The highest BCUT2D eigenvalue weighted by atomic mass is 16.6. The highest BCUT2D eigenvalue weighted by Gasteiger charge is 2.17. The van der Waals surface area contributed by atoms with Gasteiger partial charge in [0.25, 0.3) is 5.69 Å². The van der Waals surface area contributed by atoms with Gasteiger partial charge < -0.3 is 0 Å². The number of nitro groups is 1. The molecule has 0 bridgehead atoms. The van der Waals surface area contributed by atoms with Crippen molar-refractivity contribution in [1.29, 1.82) is 0 Å². The lowest BCUT2D eigenvalue weighted by atomic mass is 10.1. The standard InChI is InChI=1S/C10H6N4O2/c15-14(16)8-5-6-3-1-2-4-7(6)9-10(8)12-13-11-9/h1-5H,(H,11,12,13). The molecule has 0 aliphatic carbocycles. The summed E-state index contributed by atoms with van der Waals surface area (Å²) in [7, 11) is 0. The predicted molar refractivity (Wildman–Crippen MR) is 58.0 cm³/mol. The third-order valence-corrected chi connectivity index (χ3v) is 2.51. The molecular formula is C10H6N4O2. The van der Waals surface area contributed by atoms with Crippen molar-refractivity contribution in [2.24, 2.45) is 0 Å². The van der Waals surface area contributed by atoms with Crippen LogP contribution in [0.4, 0.5) is 5.69 Å². The summed E-state index contributed by atoms with van der Waals surface area (Å²) in [4.78, 5) is 10.4. The molecule has 0 atom stereocenters. The van der Waals surface area contributed by atoms with Crippen LogP contribution in [0.3, 0.4) is 0 Å². The van der Waals surface area contributed by atoms with Crippen molar-refractivity contribution in [3.63, 3.8) is 0 Å². The Hall–Kier alpha value is -2.50. The van der Waals surface area contributed by atoms with Crippen LogP contribution in [0.5, 0.6) is 0 Å². The number of benzene rings is 2. The van der Waals surface area contributed by atoms with Gasteiger partial charge in [0.15, 0.2) is 5.52 Å². The zero-order valence-electron chi connectivity index (χ0n) is 8.04. The van der Waals surface area contributed by atoms with Crippen LogP contribution in [0.15, 0.2) is 30.3 Å². The number of hydrogen-bond acceptors (Lipinski definition) is 4. The number of aromatic amines is 1. The number of aromatic nitrogens is 3. The molecule has 6 nitrogen and oxygen atoms in total. The molecule has 6 heteroatoms. The summed E-state index contributed by atoms with van der Waals surface area (Å²) in [6, 6.07) is 8.92. The zero-order valence-corrected chi connectivity index (χ0v) is 8.04. The summed E-state index contributed by atoms with van der Waals surface area (Å²) in [5.41, 5.74) is 0.871. The topological polar surface area (TPSA) is 84.7 Å². The van der Waals surface area contributed by atoms with Gasteiger partial charge in [-0.3, -0.25) is 15.2 Å². The molecule has 16 heavy (non-hydrogen) atoms. The van der Waals surface area contributed by atoms with Crippen LogP contribution in [0.1, 0.15) is 0 Å². The number of H-pyrrole nitrogens is 1. The highest BCUT2D eigenvalue weighted by Crippen LogP contribution is 2.29. The van der Waals surface area contributed by atoms with Crippen molar-refractivity contribution < 1.29 is 4.92 Å². The molecule has 0 radical (unpaired) electrons. The highest BCUT2D eigenvalue weighted by molar-refractivity contribution is 6.07. The lowest BCUT2D eigenvalue weighted by molar-refractivity contribution is -0.383. The van der Waals surface area contributed by atoms with Gasteiger partial charge in [0.05, 0.1) is 4.92 Å². The lowest BCUT2D eigenvalue weighted by Gasteiger charge is -1.98. The molecule has 0 aliphatic heterocycles. The van der Waals surface area contributed by atoms with Gasteiger partial charge in [-0.2, -0.15) is 0 Å². The number of nitrogens with zero attached hydrogens (tertiary/aromatic N) is 3. The molecule has 0 amide bonds. The summed E-state index contributed by atoms with van der Waals surface area (Å²) in [6.07, 6.45) is 0. The Labute approximate surface area is 89.0 Å². The maximum absolute atomic E-state index is 10.9. The molecule has 0 saturated carbocycles. The first-order chi connectivity index (χ1) is 7.77. The first kappa shape index (κ1) is 8.78. The van der Waals surface area contributed by atoms with Gasteiger partial charge in [-0.25, -0.2) is 0 Å². The molecular weight excluding hydrogens is 208 g/mol. The molecule has 0 unspecified atom stereocenters. The van der Waals surface area contributed by atoms with E-state index in [-0.39, 0.29) is 5.69 Å². The molecule has 2 aromatic carbocycles. The van der Waals surface area contributed by atoms with Crippen LogP contribution >= 0.6 is 0 Å². The Morgan fingerprint density at radius 2 is 2.12 bits per heavy atom. The predicted octanol–water partition coefficient (Wildman–Crippen LogP) is 2.02. The van der Waals surface area contributed by atoms with Gasteiger partial charge in [0.1, 0.15) is 5.52 Å². The zero-order chi connectivity index (χ0) is 11.1. The molecule has 0 saturated heterocycles. The average molecular weight is 214 g/mol. The van der Waals surface area contributed by atoms with E-state index in [1.165, 1.54) is 6.07 Å². The van der Waals surface area contributed by atoms with Crippen molar-refractivity contribution in [2.75, 3.05) is 0 Å². The van der Waals surface area contributed by atoms with Gasteiger partial charge in [-0.05, 0) is 5.39 Å². The van der Waals surface area contributed by atoms with Crippen molar-refractivity contribution in [1.82, 2.24) is 15.4 Å². The van der Waals surface area contributed by atoms with Crippen molar-refractivity contribution in [3.8, 4) is 0 Å². The van der Waals surface area contributed by atoms with Crippen LogP contribution < -0.4 is 0 Å². The second kappa shape index (κ2) is 2.99. The summed E-state index contributed by atoms with van der Waals surface area (Å²) >= 11 is 0. The molecule has 3 rings (SSSR count). The van der Waals surface area contributed by atoms with Gasteiger partial charge in [0, 0.05) is 11.5 Å². The second-order valence-corrected chi connectivity index (χ2v) is 3.41. The van der Waals surface area contributed by atoms with E-state index in [0.29, 0.717) is 11.0 Å². The summed E-state index contributed by atoms with van der Waals surface area (Å²) in [5.74, 6) is 0. The third-order valence-electron chi connectivity index (χ3n) is 2.51. The monoisotopic (exact) mass is 214 g/mol. The third kappa shape index (κ3) is 1.07. The van der Waals surface area contributed by atoms with E-state index in [9.17, 15) is 10.1 Å². The van der Waals surface area contributed by atoms with Gasteiger partial charge >= 0.3 is 0 Å². The number of non-ortho nitro benzene ring substituents is 1. The lowest BCUT2D eigenvalue weighted by Crippen LogP contribution is -1.90. The molecule has 0 aliphatic rings. The molecule has 1 N–H and O–H groups in total. The normalized spacial score (nSPS) is 11.0. The van der Waals surface area contributed by atoms with Crippen LogP contribution in [0, 0.1) is 10.1 Å². The Balaban J connectivity index is 2.58. The quantitative estimate of drug-likeness (QED) is 0.496. The van der Waals surface area contributed by atoms with Crippen LogP contribution in [-0.2, 0) is 0 Å². The largest absolute Gasteiger partial charge is 0.299 e. The molecule has 0 fully saturated rings. The summed E-state index contributed by atoms with van der Waals surface area (Å²) in [5, 5.41) is 22.6. The van der Waals surface area contributed by atoms with Gasteiger partial charge in [-0.15, -0.1) is 5.10 Å². The van der Waals surface area contributed by atoms with E-state index in [4.69, 9.17) is 0 Å².